The highest BCUT2D eigenvalue weighted by molar-refractivity contribution is 6.32. The van der Waals surface area contributed by atoms with Crippen molar-refractivity contribution in [2.75, 3.05) is 0 Å². The zero-order valence-electron chi connectivity index (χ0n) is 10.9. The highest BCUT2D eigenvalue weighted by Crippen LogP contribution is 2.25. The molecular formula is C14H14ClN3O2. The topological polar surface area (TPSA) is 68.1 Å². The van der Waals surface area contributed by atoms with E-state index in [4.69, 9.17) is 11.6 Å². The van der Waals surface area contributed by atoms with Crippen LogP contribution in [0.3, 0.4) is 0 Å². The van der Waals surface area contributed by atoms with Gasteiger partial charge in [-0.15, -0.1) is 0 Å². The maximum Gasteiger partial charge on any atom is 0.288 e. The molecule has 0 radical (unpaired) electrons. The first-order chi connectivity index (χ1) is 9.58. The summed E-state index contributed by atoms with van der Waals surface area (Å²) in [4.78, 5) is 14.6. The van der Waals surface area contributed by atoms with Crippen molar-refractivity contribution in [1.29, 1.82) is 0 Å². The zero-order valence-corrected chi connectivity index (χ0v) is 11.7. The van der Waals surface area contributed by atoms with Crippen LogP contribution in [0.4, 0.5) is 5.69 Å². The number of nitrogens with zero attached hydrogens (tertiary/aromatic N) is 2. The van der Waals surface area contributed by atoms with Gasteiger partial charge in [-0.25, -0.2) is 0 Å². The van der Waals surface area contributed by atoms with Crippen LogP contribution in [-0.4, -0.2) is 9.91 Å². The Morgan fingerprint density at radius 1 is 1.40 bits per heavy atom. The van der Waals surface area contributed by atoms with Gasteiger partial charge >= 0.3 is 0 Å². The molecule has 1 N–H and O–H groups in total. The fourth-order valence-corrected chi connectivity index (χ4v) is 2.00. The van der Waals surface area contributed by atoms with Crippen LogP contribution in [0, 0.1) is 10.1 Å². The monoisotopic (exact) mass is 291 g/mol. The minimum Gasteiger partial charge on any atom is -0.305 e. The second-order valence-corrected chi connectivity index (χ2v) is 4.81. The molecule has 0 aliphatic carbocycles. The van der Waals surface area contributed by atoms with Gasteiger partial charge in [0, 0.05) is 24.8 Å². The summed E-state index contributed by atoms with van der Waals surface area (Å²) >= 11 is 5.78. The standard InChI is InChI=1S/C14H14ClN3O2/c1-10(13-4-2-3-7-16-13)17-9-11-5-6-12(15)14(8-11)18(19)20/h2-8,10,17H,9H2,1H3/t10-/m1/s1. The number of nitro benzene ring substituents is 1. The molecule has 0 amide bonds. The number of rotatable bonds is 5. The van der Waals surface area contributed by atoms with E-state index >= 15 is 0 Å². The van der Waals surface area contributed by atoms with Gasteiger partial charge in [-0.1, -0.05) is 23.7 Å². The van der Waals surface area contributed by atoms with Gasteiger partial charge in [0.05, 0.1) is 10.6 Å². The molecule has 0 aliphatic rings. The predicted octanol–water partition coefficient (Wildman–Crippen LogP) is 3.49. The summed E-state index contributed by atoms with van der Waals surface area (Å²) in [6.07, 6.45) is 1.74. The number of pyridine rings is 1. The van der Waals surface area contributed by atoms with Crippen LogP contribution < -0.4 is 5.32 Å². The largest absolute Gasteiger partial charge is 0.305 e. The lowest BCUT2D eigenvalue weighted by Gasteiger charge is -2.13. The van der Waals surface area contributed by atoms with Crippen LogP contribution in [0.15, 0.2) is 42.6 Å². The summed E-state index contributed by atoms with van der Waals surface area (Å²) in [5, 5.41) is 14.2. The Balaban J connectivity index is 2.04. The van der Waals surface area contributed by atoms with Crippen LogP contribution in [0.25, 0.3) is 0 Å². The fourth-order valence-electron chi connectivity index (χ4n) is 1.82. The normalized spacial score (nSPS) is 12.1. The lowest BCUT2D eigenvalue weighted by molar-refractivity contribution is -0.384. The first kappa shape index (κ1) is 14.4. The second kappa shape index (κ2) is 6.45. The lowest BCUT2D eigenvalue weighted by atomic mass is 10.1. The van der Waals surface area contributed by atoms with Gasteiger partial charge in [-0.2, -0.15) is 0 Å². The number of hydrogen-bond donors (Lipinski definition) is 1. The van der Waals surface area contributed by atoms with Crippen LogP contribution in [0.2, 0.25) is 5.02 Å². The maximum absolute atomic E-state index is 10.8. The molecule has 0 saturated carbocycles. The maximum atomic E-state index is 10.8. The van der Waals surface area contributed by atoms with Crippen molar-refractivity contribution in [2.24, 2.45) is 0 Å². The second-order valence-electron chi connectivity index (χ2n) is 4.40. The Morgan fingerprint density at radius 3 is 2.85 bits per heavy atom. The van der Waals surface area contributed by atoms with E-state index in [0.717, 1.165) is 11.3 Å². The van der Waals surface area contributed by atoms with Gasteiger partial charge < -0.3 is 5.32 Å². The smallest absolute Gasteiger partial charge is 0.288 e. The predicted molar refractivity (Wildman–Crippen MR) is 77.6 cm³/mol. The highest BCUT2D eigenvalue weighted by Gasteiger charge is 2.13. The summed E-state index contributed by atoms with van der Waals surface area (Å²) in [6.45, 7) is 2.50. The van der Waals surface area contributed by atoms with Crippen molar-refractivity contribution in [3.8, 4) is 0 Å². The van der Waals surface area contributed by atoms with E-state index in [1.165, 1.54) is 6.07 Å². The molecule has 0 bridgehead atoms. The SMILES string of the molecule is C[C@@H](NCc1ccc(Cl)c([N+](=O)[O-])c1)c1ccccn1. The molecule has 1 aromatic carbocycles. The summed E-state index contributed by atoms with van der Waals surface area (Å²) in [7, 11) is 0. The van der Waals surface area contributed by atoms with Gasteiger partial charge in [-0.3, -0.25) is 15.1 Å². The molecule has 2 rings (SSSR count). The van der Waals surface area contributed by atoms with Crippen molar-refractivity contribution < 1.29 is 4.92 Å². The summed E-state index contributed by atoms with van der Waals surface area (Å²) < 4.78 is 0. The quantitative estimate of drug-likeness (QED) is 0.676. The molecule has 1 heterocycles. The number of nitro groups is 1. The highest BCUT2D eigenvalue weighted by atomic mass is 35.5. The molecule has 6 heteroatoms. The molecule has 0 aliphatic heterocycles. The molecule has 1 atom stereocenters. The van der Waals surface area contributed by atoms with Crippen LogP contribution in [0.5, 0.6) is 0 Å². The molecule has 0 unspecified atom stereocenters. The van der Waals surface area contributed by atoms with Crippen LogP contribution in [-0.2, 0) is 6.54 Å². The van der Waals surface area contributed by atoms with E-state index < -0.39 is 4.92 Å². The third-order valence-electron chi connectivity index (χ3n) is 2.95. The van der Waals surface area contributed by atoms with Gasteiger partial charge in [0.1, 0.15) is 5.02 Å². The van der Waals surface area contributed by atoms with Crippen LogP contribution >= 0.6 is 11.6 Å². The van der Waals surface area contributed by atoms with Crippen molar-refractivity contribution in [2.45, 2.75) is 19.5 Å². The fraction of sp³-hybridized carbons (Fsp3) is 0.214. The average molecular weight is 292 g/mol. The van der Waals surface area contributed by atoms with Gasteiger partial charge in [0.25, 0.3) is 5.69 Å². The minimum absolute atomic E-state index is 0.0611. The molecular weight excluding hydrogens is 278 g/mol. The molecule has 1 aromatic heterocycles. The summed E-state index contributed by atoms with van der Waals surface area (Å²) in [6, 6.07) is 10.6. The number of halogens is 1. The Bertz CT molecular complexity index is 605. The van der Waals surface area contributed by atoms with E-state index in [1.807, 2.05) is 25.1 Å². The Morgan fingerprint density at radius 2 is 2.20 bits per heavy atom. The first-order valence-electron chi connectivity index (χ1n) is 6.15. The number of aromatic nitrogens is 1. The summed E-state index contributed by atoms with van der Waals surface area (Å²) in [5.74, 6) is 0. The van der Waals surface area contributed by atoms with E-state index in [1.54, 1.807) is 18.3 Å². The molecule has 5 nitrogen and oxygen atoms in total. The van der Waals surface area contributed by atoms with Gasteiger partial charge in [0.2, 0.25) is 0 Å². The van der Waals surface area contributed by atoms with Gasteiger partial charge in [0.15, 0.2) is 0 Å². The number of hydrogen-bond acceptors (Lipinski definition) is 4. The van der Waals surface area contributed by atoms with Gasteiger partial charge in [-0.05, 0) is 30.7 Å². The van der Waals surface area contributed by atoms with E-state index in [9.17, 15) is 10.1 Å². The third kappa shape index (κ3) is 3.53. The first-order valence-corrected chi connectivity index (χ1v) is 6.53. The summed E-state index contributed by atoms with van der Waals surface area (Å²) in [5.41, 5.74) is 1.66. The number of benzene rings is 1. The molecule has 0 spiro atoms. The Labute approximate surface area is 121 Å². The Hall–Kier alpha value is -1.98. The molecule has 0 fully saturated rings. The minimum atomic E-state index is -0.478. The van der Waals surface area contributed by atoms with E-state index in [0.29, 0.717) is 6.54 Å². The van der Waals surface area contributed by atoms with E-state index in [-0.39, 0.29) is 16.8 Å². The van der Waals surface area contributed by atoms with Crippen molar-refractivity contribution in [3.63, 3.8) is 0 Å². The lowest BCUT2D eigenvalue weighted by Crippen LogP contribution is -2.19. The molecule has 2 aromatic rings. The van der Waals surface area contributed by atoms with Crippen LogP contribution in [0.1, 0.15) is 24.2 Å². The molecule has 20 heavy (non-hydrogen) atoms. The molecule has 0 saturated heterocycles. The molecule has 104 valence electrons. The van der Waals surface area contributed by atoms with Crippen molar-refractivity contribution in [1.82, 2.24) is 10.3 Å². The van der Waals surface area contributed by atoms with Crippen molar-refractivity contribution >= 4 is 17.3 Å². The average Bonchev–Trinajstić information content (AvgIpc) is 2.46. The van der Waals surface area contributed by atoms with Crippen molar-refractivity contribution in [3.05, 3.63) is 69.0 Å². The van der Waals surface area contributed by atoms with E-state index in [2.05, 4.69) is 10.3 Å². The number of nitrogens with one attached hydrogen (secondary N) is 1. The third-order valence-corrected chi connectivity index (χ3v) is 3.27. The zero-order chi connectivity index (χ0) is 14.5. The Kier molecular flexibility index (Phi) is 4.65.